The van der Waals surface area contributed by atoms with Crippen LogP contribution in [-0.4, -0.2) is 29.3 Å². The summed E-state index contributed by atoms with van der Waals surface area (Å²) < 4.78 is 26.1. The molecule has 0 aliphatic carbocycles. The predicted molar refractivity (Wildman–Crippen MR) is 70.2 cm³/mol. The maximum absolute atomic E-state index is 13.0. The van der Waals surface area contributed by atoms with Gasteiger partial charge in [-0.1, -0.05) is 0 Å². The second-order valence-corrected chi connectivity index (χ2v) is 5.73. The Labute approximate surface area is 112 Å². The lowest BCUT2D eigenvalue weighted by Gasteiger charge is -2.31. The highest BCUT2D eigenvalue weighted by molar-refractivity contribution is 5.96. The van der Waals surface area contributed by atoms with Gasteiger partial charge in [0.25, 0.3) is 0 Å². The standard InChI is InChI=1S/C15H19F2NO/c1-15(2)5-3-6-18(15)7-4-14(19)11-8-12(16)10-13(17)9-11/h8-10H,3-7H2,1-2H3. The molecule has 0 radical (unpaired) electrons. The molecule has 1 heterocycles. The molecule has 1 aromatic rings. The van der Waals surface area contributed by atoms with Gasteiger partial charge in [-0.05, 0) is 45.4 Å². The molecule has 1 aliphatic heterocycles. The van der Waals surface area contributed by atoms with Crippen molar-refractivity contribution in [1.82, 2.24) is 4.90 Å². The molecule has 4 heteroatoms. The molecule has 2 rings (SSSR count). The van der Waals surface area contributed by atoms with Gasteiger partial charge in [0, 0.05) is 30.1 Å². The summed E-state index contributed by atoms with van der Waals surface area (Å²) in [4.78, 5) is 14.2. The van der Waals surface area contributed by atoms with E-state index in [4.69, 9.17) is 0 Å². The van der Waals surface area contributed by atoms with Crippen LogP contribution in [0.4, 0.5) is 8.78 Å². The van der Waals surface area contributed by atoms with Crippen LogP contribution in [0.1, 0.15) is 43.5 Å². The normalized spacial score (nSPS) is 18.7. The van der Waals surface area contributed by atoms with E-state index in [1.807, 2.05) is 0 Å². The van der Waals surface area contributed by atoms with Gasteiger partial charge in [-0.15, -0.1) is 0 Å². The van der Waals surface area contributed by atoms with E-state index in [9.17, 15) is 13.6 Å². The second kappa shape index (κ2) is 5.37. The molecule has 0 saturated carbocycles. The van der Waals surface area contributed by atoms with Crippen molar-refractivity contribution in [2.45, 2.75) is 38.6 Å². The number of hydrogen-bond acceptors (Lipinski definition) is 2. The lowest BCUT2D eigenvalue weighted by atomic mass is 10.0. The van der Waals surface area contributed by atoms with Crippen molar-refractivity contribution < 1.29 is 13.6 Å². The average molecular weight is 267 g/mol. The van der Waals surface area contributed by atoms with Crippen LogP contribution >= 0.6 is 0 Å². The Morgan fingerprint density at radius 2 is 1.89 bits per heavy atom. The molecule has 1 aromatic carbocycles. The first-order valence-corrected chi connectivity index (χ1v) is 6.63. The number of ketones is 1. The predicted octanol–water partition coefficient (Wildman–Crippen LogP) is 3.41. The third-order valence-electron chi connectivity index (χ3n) is 3.87. The molecule has 0 amide bonds. The first-order valence-electron chi connectivity index (χ1n) is 6.63. The van der Waals surface area contributed by atoms with Crippen LogP contribution in [0, 0.1) is 11.6 Å². The van der Waals surface area contributed by atoms with E-state index >= 15 is 0 Å². The van der Waals surface area contributed by atoms with E-state index in [-0.39, 0.29) is 16.9 Å². The molecule has 1 fully saturated rings. The summed E-state index contributed by atoms with van der Waals surface area (Å²) in [5.41, 5.74) is 0.238. The number of nitrogens with zero attached hydrogens (tertiary/aromatic N) is 1. The fourth-order valence-corrected chi connectivity index (χ4v) is 2.67. The van der Waals surface area contributed by atoms with Crippen molar-refractivity contribution in [2.75, 3.05) is 13.1 Å². The second-order valence-electron chi connectivity index (χ2n) is 5.73. The molecule has 104 valence electrons. The molecule has 0 N–H and O–H groups in total. The van der Waals surface area contributed by atoms with Gasteiger partial charge >= 0.3 is 0 Å². The van der Waals surface area contributed by atoms with E-state index in [0.717, 1.165) is 37.6 Å². The van der Waals surface area contributed by atoms with Crippen LogP contribution in [-0.2, 0) is 0 Å². The third kappa shape index (κ3) is 3.38. The van der Waals surface area contributed by atoms with Gasteiger partial charge < -0.3 is 0 Å². The van der Waals surface area contributed by atoms with Crippen LogP contribution in [0.2, 0.25) is 0 Å². The Kier molecular flexibility index (Phi) is 3.99. The first kappa shape index (κ1) is 14.1. The van der Waals surface area contributed by atoms with Crippen molar-refractivity contribution in [3.05, 3.63) is 35.4 Å². The van der Waals surface area contributed by atoms with Crippen molar-refractivity contribution >= 4 is 5.78 Å². The van der Waals surface area contributed by atoms with Crippen LogP contribution in [0.15, 0.2) is 18.2 Å². The van der Waals surface area contributed by atoms with Crippen molar-refractivity contribution in [1.29, 1.82) is 0 Å². The molecule has 1 aliphatic rings. The average Bonchev–Trinajstić information content (AvgIpc) is 2.64. The summed E-state index contributed by atoms with van der Waals surface area (Å²) in [6, 6.07) is 2.97. The highest BCUT2D eigenvalue weighted by Gasteiger charge is 2.31. The zero-order valence-electron chi connectivity index (χ0n) is 11.4. The number of carbonyl (C=O) groups is 1. The van der Waals surface area contributed by atoms with E-state index in [1.54, 1.807) is 0 Å². The molecule has 0 atom stereocenters. The minimum Gasteiger partial charge on any atom is -0.298 e. The molecule has 0 aromatic heterocycles. The topological polar surface area (TPSA) is 20.3 Å². The lowest BCUT2D eigenvalue weighted by Crippen LogP contribution is -2.39. The molecule has 19 heavy (non-hydrogen) atoms. The van der Waals surface area contributed by atoms with Gasteiger partial charge in [0.1, 0.15) is 11.6 Å². The van der Waals surface area contributed by atoms with Gasteiger partial charge in [0.15, 0.2) is 5.78 Å². The molecule has 0 unspecified atom stereocenters. The maximum Gasteiger partial charge on any atom is 0.164 e. The molecule has 2 nitrogen and oxygen atoms in total. The van der Waals surface area contributed by atoms with Gasteiger partial charge in [0.2, 0.25) is 0 Å². The van der Waals surface area contributed by atoms with Crippen LogP contribution in [0.25, 0.3) is 0 Å². The third-order valence-corrected chi connectivity index (χ3v) is 3.87. The van der Waals surface area contributed by atoms with Gasteiger partial charge in [-0.25, -0.2) is 8.78 Å². The Hall–Kier alpha value is -1.29. The summed E-state index contributed by atoms with van der Waals surface area (Å²) >= 11 is 0. The van der Waals surface area contributed by atoms with E-state index in [2.05, 4.69) is 18.7 Å². The SMILES string of the molecule is CC1(C)CCCN1CCC(=O)c1cc(F)cc(F)c1. The summed E-state index contributed by atoms with van der Waals surface area (Å²) in [5.74, 6) is -1.61. The highest BCUT2D eigenvalue weighted by Crippen LogP contribution is 2.28. The van der Waals surface area contributed by atoms with E-state index in [0.29, 0.717) is 13.0 Å². The summed E-state index contributed by atoms with van der Waals surface area (Å²) in [7, 11) is 0. The lowest BCUT2D eigenvalue weighted by molar-refractivity contribution is 0.0941. The van der Waals surface area contributed by atoms with Crippen LogP contribution < -0.4 is 0 Å². The number of rotatable bonds is 4. The molecular weight excluding hydrogens is 248 g/mol. The number of carbonyl (C=O) groups excluding carboxylic acids is 1. The minimum absolute atomic E-state index is 0.119. The first-order chi connectivity index (χ1) is 8.88. The van der Waals surface area contributed by atoms with Crippen LogP contribution in [0.5, 0.6) is 0 Å². The Morgan fingerprint density at radius 3 is 2.42 bits per heavy atom. The van der Waals surface area contributed by atoms with Gasteiger partial charge in [0.05, 0.1) is 0 Å². The van der Waals surface area contributed by atoms with Gasteiger partial charge in [-0.3, -0.25) is 9.69 Å². The fourth-order valence-electron chi connectivity index (χ4n) is 2.67. The summed E-state index contributed by atoms with van der Waals surface area (Å²) in [6.07, 6.45) is 2.55. The Bertz CT molecular complexity index is 465. The molecular formula is C15H19F2NO. The minimum atomic E-state index is -0.704. The van der Waals surface area contributed by atoms with Crippen molar-refractivity contribution in [3.63, 3.8) is 0 Å². The number of Topliss-reactive ketones (excluding diaryl/α,β-unsaturated/α-hetero) is 1. The zero-order valence-corrected chi connectivity index (χ0v) is 11.4. The largest absolute Gasteiger partial charge is 0.298 e. The number of likely N-dealkylation sites (tertiary alicyclic amines) is 1. The monoisotopic (exact) mass is 267 g/mol. The number of halogens is 2. The Morgan fingerprint density at radius 1 is 1.26 bits per heavy atom. The van der Waals surface area contributed by atoms with Crippen molar-refractivity contribution in [3.8, 4) is 0 Å². The number of benzene rings is 1. The summed E-state index contributed by atoms with van der Waals surface area (Å²) in [5, 5.41) is 0. The number of hydrogen-bond donors (Lipinski definition) is 0. The highest BCUT2D eigenvalue weighted by atomic mass is 19.1. The quantitative estimate of drug-likeness (QED) is 0.779. The van der Waals surface area contributed by atoms with Crippen molar-refractivity contribution in [2.24, 2.45) is 0 Å². The van der Waals surface area contributed by atoms with Crippen LogP contribution in [0.3, 0.4) is 0 Å². The molecule has 1 saturated heterocycles. The van der Waals surface area contributed by atoms with E-state index in [1.165, 1.54) is 0 Å². The molecule has 0 bridgehead atoms. The maximum atomic E-state index is 13.0. The van der Waals surface area contributed by atoms with E-state index < -0.39 is 11.6 Å². The fraction of sp³-hybridized carbons (Fsp3) is 0.533. The zero-order chi connectivity index (χ0) is 14.0. The summed E-state index contributed by atoms with van der Waals surface area (Å²) in [6.45, 7) is 5.94. The molecule has 0 spiro atoms. The Balaban J connectivity index is 1.98. The smallest absolute Gasteiger partial charge is 0.164 e. The van der Waals surface area contributed by atoms with Gasteiger partial charge in [-0.2, -0.15) is 0 Å².